The number of hydrogen-bond acceptors (Lipinski definition) is 4. The van der Waals surface area contributed by atoms with Crippen molar-refractivity contribution in [3.63, 3.8) is 0 Å². The highest BCUT2D eigenvalue weighted by atomic mass is 32.2. The lowest BCUT2D eigenvalue weighted by Crippen LogP contribution is -2.21. The molecule has 0 saturated carbocycles. The summed E-state index contributed by atoms with van der Waals surface area (Å²) < 4.78 is 21.7. The predicted octanol–water partition coefficient (Wildman–Crippen LogP) is 0.692. The van der Waals surface area contributed by atoms with Gasteiger partial charge in [0.1, 0.15) is 9.84 Å². The summed E-state index contributed by atoms with van der Waals surface area (Å²) >= 11 is 0. The van der Waals surface area contributed by atoms with Gasteiger partial charge in [0.25, 0.3) is 0 Å². The molecular formula is C11H14N2O2S. The number of nitrogens with one attached hydrogen (secondary N) is 1. The first-order chi connectivity index (χ1) is 7.51. The van der Waals surface area contributed by atoms with Crippen LogP contribution < -0.4 is 5.32 Å². The lowest BCUT2D eigenvalue weighted by Gasteiger charge is -2.03. The van der Waals surface area contributed by atoms with E-state index >= 15 is 0 Å². The molecule has 16 heavy (non-hydrogen) atoms. The maximum absolute atomic E-state index is 10.9. The van der Waals surface area contributed by atoms with Crippen molar-refractivity contribution in [3.8, 4) is 6.07 Å². The average molecular weight is 238 g/mol. The molecule has 0 aromatic heterocycles. The maximum Gasteiger partial charge on any atom is 0.148 e. The number of rotatable bonds is 5. The Hall–Kier alpha value is -1.38. The first-order valence-electron chi connectivity index (χ1n) is 4.89. The zero-order chi connectivity index (χ0) is 12.0. The molecule has 0 bridgehead atoms. The maximum atomic E-state index is 10.9. The smallest absolute Gasteiger partial charge is 0.148 e. The number of nitriles is 1. The van der Waals surface area contributed by atoms with Crippen LogP contribution in [0.1, 0.15) is 11.1 Å². The molecule has 0 atom stereocenters. The van der Waals surface area contributed by atoms with Crippen LogP contribution in [0.15, 0.2) is 24.3 Å². The Kier molecular flexibility index (Phi) is 4.47. The molecule has 0 unspecified atom stereocenters. The van der Waals surface area contributed by atoms with Crippen molar-refractivity contribution >= 4 is 9.84 Å². The third kappa shape index (κ3) is 4.91. The number of hydrogen-bond donors (Lipinski definition) is 1. The molecular weight excluding hydrogens is 224 g/mol. The van der Waals surface area contributed by atoms with E-state index < -0.39 is 9.84 Å². The Morgan fingerprint density at radius 1 is 1.31 bits per heavy atom. The first-order valence-corrected chi connectivity index (χ1v) is 6.95. The van der Waals surface area contributed by atoms with Crippen molar-refractivity contribution in [1.29, 1.82) is 5.26 Å². The fourth-order valence-electron chi connectivity index (χ4n) is 1.19. The second-order valence-electron chi connectivity index (χ2n) is 3.62. The minimum atomic E-state index is -2.89. The molecule has 86 valence electrons. The lowest BCUT2D eigenvalue weighted by atomic mass is 10.1. The number of nitrogens with zero attached hydrogens (tertiary/aromatic N) is 1. The van der Waals surface area contributed by atoms with Gasteiger partial charge in [-0.05, 0) is 17.7 Å². The molecule has 0 aliphatic heterocycles. The Morgan fingerprint density at radius 2 is 1.94 bits per heavy atom. The van der Waals surface area contributed by atoms with Gasteiger partial charge in [-0.15, -0.1) is 0 Å². The van der Waals surface area contributed by atoms with Gasteiger partial charge in [-0.2, -0.15) is 5.26 Å². The monoisotopic (exact) mass is 238 g/mol. The second kappa shape index (κ2) is 5.64. The topological polar surface area (TPSA) is 70.0 Å². The van der Waals surface area contributed by atoms with Crippen LogP contribution in [0.25, 0.3) is 0 Å². The SMILES string of the molecule is CS(=O)(=O)CCNCc1ccc(C#N)cc1. The van der Waals surface area contributed by atoms with Gasteiger partial charge in [-0.3, -0.25) is 0 Å². The quantitative estimate of drug-likeness (QED) is 0.766. The first kappa shape index (κ1) is 12.7. The van der Waals surface area contributed by atoms with Crippen LogP contribution in [0.2, 0.25) is 0 Å². The van der Waals surface area contributed by atoms with E-state index in [9.17, 15) is 8.42 Å². The highest BCUT2D eigenvalue weighted by molar-refractivity contribution is 7.90. The van der Waals surface area contributed by atoms with Gasteiger partial charge < -0.3 is 5.32 Å². The van der Waals surface area contributed by atoms with Crippen LogP contribution in [0.3, 0.4) is 0 Å². The molecule has 5 heteroatoms. The van der Waals surface area contributed by atoms with Crippen molar-refractivity contribution in [2.24, 2.45) is 0 Å². The van der Waals surface area contributed by atoms with Gasteiger partial charge in [0.15, 0.2) is 0 Å². The fraction of sp³-hybridized carbons (Fsp3) is 0.364. The minimum Gasteiger partial charge on any atom is -0.312 e. The number of benzene rings is 1. The summed E-state index contributed by atoms with van der Waals surface area (Å²) in [5.74, 6) is 0.142. The molecule has 0 fully saturated rings. The van der Waals surface area contributed by atoms with Crippen LogP contribution in [0.4, 0.5) is 0 Å². The Balaban J connectivity index is 2.36. The molecule has 1 aromatic carbocycles. The largest absolute Gasteiger partial charge is 0.312 e. The Bertz CT molecular complexity index is 472. The van der Waals surface area contributed by atoms with Gasteiger partial charge in [-0.1, -0.05) is 12.1 Å². The molecule has 0 amide bonds. The van der Waals surface area contributed by atoms with E-state index in [1.54, 1.807) is 12.1 Å². The molecule has 0 radical (unpaired) electrons. The summed E-state index contributed by atoms with van der Waals surface area (Å²) in [7, 11) is -2.89. The van der Waals surface area contributed by atoms with E-state index in [0.717, 1.165) is 5.56 Å². The molecule has 1 rings (SSSR count). The van der Waals surface area contributed by atoms with Gasteiger partial charge in [0, 0.05) is 19.3 Å². The normalized spacial score (nSPS) is 11.0. The summed E-state index contributed by atoms with van der Waals surface area (Å²) in [6.45, 7) is 1.06. The van der Waals surface area contributed by atoms with Crippen molar-refractivity contribution in [3.05, 3.63) is 35.4 Å². The van der Waals surface area contributed by atoms with Crippen LogP contribution >= 0.6 is 0 Å². The van der Waals surface area contributed by atoms with Gasteiger partial charge in [0.05, 0.1) is 17.4 Å². The van der Waals surface area contributed by atoms with Gasteiger partial charge >= 0.3 is 0 Å². The third-order valence-electron chi connectivity index (χ3n) is 2.06. The van der Waals surface area contributed by atoms with Crippen LogP contribution in [0, 0.1) is 11.3 Å². The van der Waals surface area contributed by atoms with Crippen molar-refractivity contribution in [2.45, 2.75) is 6.54 Å². The highest BCUT2D eigenvalue weighted by Gasteiger charge is 2.00. The summed E-state index contributed by atoms with van der Waals surface area (Å²) in [6, 6.07) is 9.24. The fourth-order valence-corrected chi connectivity index (χ4v) is 1.70. The van der Waals surface area contributed by atoms with Crippen LogP contribution in [0.5, 0.6) is 0 Å². The molecule has 0 saturated heterocycles. The molecule has 0 aliphatic rings. The molecule has 0 aliphatic carbocycles. The van der Waals surface area contributed by atoms with Crippen molar-refractivity contribution < 1.29 is 8.42 Å². The standard InChI is InChI=1S/C11H14N2O2S/c1-16(14,15)7-6-13-9-11-4-2-10(8-12)3-5-11/h2-5,13H,6-7,9H2,1H3. The van der Waals surface area contributed by atoms with E-state index in [1.807, 2.05) is 18.2 Å². The molecule has 1 N–H and O–H groups in total. The van der Waals surface area contributed by atoms with Crippen LogP contribution in [-0.4, -0.2) is 27.0 Å². The van der Waals surface area contributed by atoms with E-state index in [2.05, 4.69) is 5.32 Å². The summed E-state index contributed by atoms with van der Waals surface area (Å²) in [6.07, 6.45) is 1.22. The summed E-state index contributed by atoms with van der Waals surface area (Å²) in [5, 5.41) is 11.6. The van der Waals surface area contributed by atoms with Gasteiger partial charge in [0.2, 0.25) is 0 Å². The molecule has 0 spiro atoms. The van der Waals surface area contributed by atoms with E-state index in [0.29, 0.717) is 18.7 Å². The Labute approximate surface area is 95.8 Å². The summed E-state index contributed by atoms with van der Waals surface area (Å²) in [5.41, 5.74) is 1.66. The van der Waals surface area contributed by atoms with Crippen molar-refractivity contribution in [1.82, 2.24) is 5.32 Å². The van der Waals surface area contributed by atoms with E-state index in [4.69, 9.17) is 5.26 Å². The highest BCUT2D eigenvalue weighted by Crippen LogP contribution is 2.02. The van der Waals surface area contributed by atoms with Crippen LogP contribution in [-0.2, 0) is 16.4 Å². The summed E-state index contributed by atoms with van der Waals surface area (Å²) in [4.78, 5) is 0. The average Bonchev–Trinajstić information content (AvgIpc) is 2.24. The molecule has 1 aromatic rings. The zero-order valence-electron chi connectivity index (χ0n) is 9.10. The van der Waals surface area contributed by atoms with Crippen molar-refractivity contribution in [2.75, 3.05) is 18.6 Å². The van der Waals surface area contributed by atoms with E-state index in [-0.39, 0.29) is 5.75 Å². The minimum absolute atomic E-state index is 0.142. The molecule has 4 nitrogen and oxygen atoms in total. The number of sulfone groups is 1. The van der Waals surface area contributed by atoms with Gasteiger partial charge in [-0.25, -0.2) is 8.42 Å². The van der Waals surface area contributed by atoms with E-state index in [1.165, 1.54) is 6.26 Å². The Morgan fingerprint density at radius 3 is 2.44 bits per heavy atom. The lowest BCUT2D eigenvalue weighted by molar-refractivity contribution is 0.596. The zero-order valence-corrected chi connectivity index (χ0v) is 9.92. The molecule has 0 heterocycles. The predicted molar refractivity (Wildman–Crippen MR) is 62.6 cm³/mol. The second-order valence-corrected chi connectivity index (χ2v) is 5.88. The third-order valence-corrected chi connectivity index (χ3v) is 3.01.